The fourth-order valence-corrected chi connectivity index (χ4v) is 2.28. The largest absolute Gasteiger partial charge is 0.489 e. The van der Waals surface area contributed by atoms with E-state index in [9.17, 15) is 4.79 Å². The van der Waals surface area contributed by atoms with E-state index in [1.807, 2.05) is 49.4 Å². The van der Waals surface area contributed by atoms with Gasteiger partial charge in [-0.05, 0) is 56.2 Å². The standard InChI is InChI=1S/C20H26N2O3/c1-4-24-11-12-25-19-8-6-5-7-18(19)22-20(23)14-21-17-10-9-15(2)16(3)13-17/h5-10,13,21H,4,11-12,14H2,1-3H3,(H,22,23). The first-order valence-electron chi connectivity index (χ1n) is 8.50. The summed E-state index contributed by atoms with van der Waals surface area (Å²) in [6.45, 7) is 7.87. The van der Waals surface area contributed by atoms with Crippen LogP contribution in [-0.4, -0.2) is 32.3 Å². The minimum absolute atomic E-state index is 0.126. The van der Waals surface area contributed by atoms with Gasteiger partial charge in [-0.15, -0.1) is 0 Å². The summed E-state index contributed by atoms with van der Waals surface area (Å²) in [7, 11) is 0. The molecule has 0 heterocycles. The van der Waals surface area contributed by atoms with E-state index in [1.165, 1.54) is 11.1 Å². The van der Waals surface area contributed by atoms with Crippen LogP contribution in [0, 0.1) is 13.8 Å². The van der Waals surface area contributed by atoms with Crippen LogP contribution < -0.4 is 15.4 Å². The average molecular weight is 342 g/mol. The summed E-state index contributed by atoms with van der Waals surface area (Å²) in [6, 6.07) is 13.4. The van der Waals surface area contributed by atoms with Crippen LogP contribution in [0.25, 0.3) is 0 Å². The highest BCUT2D eigenvalue weighted by Crippen LogP contribution is 2.23. The molecule has 0 saturated carbocycles. The molecule has 5 heteroatoms. The van der Waals surface area contributed by atoms with E-state index >= 15 is 0 Å². The van der Waals surface area contributed by atoms with Crippen LogP contribution in [0.4, 0.5) is 11.4 Å². The van der Waals surface area contributed by atoms with Crippen molar-refractivity contribution in [2.45, 2.75) is 20.8 Å². The van der Waals surface area contributed by atoms with Crippen molar-refractivity contribution < 1.29 is 14.3 Å². The Morgan fingerprint density at radius 2 is 1.84 bits per heavy atom. The van der Waals surface area contributed by atoms with Crippen LogP contribution in [0.3, 0.4) is 0 Å². The molecule has 2 aromatic carbocycles. The Labute approximate surface area is 149 Å². The molecule has 0 radical (unpaired) electrons. The predicted octanol–water partition coefficient (Wildman–Crippen LogP) is 3.77. The number of nitrogens with one attached hydrogen (secondary N) is 2. The molecule has 0 saturated heterocycles. The number of hydrogen-bond acceptors (Lipinski definition) is 4. The van der Waals surface area contributed by atoms with Crippen molar-refractivity contribution in [3.05, 3.63) is 53.6 Å². The van der Waals surface area contributed by atoms with E-state index < -0.39 is 0 Å². The topological polar surface area (TPSA) is 59.6 Å². The third-order valence-electron chi connectivity index (χ3n) is 3.81. The maximum Gasteiger partial charge on any atom is 0.243 e. The van der Waals surface area contributed by atoms with Crippen molar-refractivity contribution >= 4 is 17.3 Å². The second kappa shape index (κ2) is 9.69. The number of ether oxygens (including phenoxy) is 2. The lowest BCUT2D eigenvalue weighted by Crippen LogP contribution is -2.22. The molecule has 2 rings (SSSR count). The van der Waals surface area contributed by atoms with Gasteiger partial charge in [-0.3, -0.25) is 4.79 Å². The van der Waals surface area contributed by atoms with Crippen LogP contribution in [0.1, 0.15) is 18.1 Å². The number of carbonyl (C=O) groups is 1. The molecular weight excluding hydrogens is 316 g/mol. The van der Waals surface area contributed by atoms with Crippen molar-refractivity contribution in [1.82, 2.24) is 0 Å². The van der Waals surface area contributed by atoms with E-state index in [0.29, 0.717) is 31.3 Å². The van der Waals surface area contributed by atoms with Gasteiger partial charge >= 0.3 is 0 Å². The minimum Gasteiger partial charge on any atom is -0.489 e. The second-order valence-corrected chi connectivity index (χ2v) is 5.74. The Bertz CT molecular complexity index is 701. The molecule has 0 aliphatic carbocycles. The summed E-state index contributed by atoms with van der Waals surface area (Å²) in [5.41, 5.74) is 4.01. The van der Waals surface area contributed by atoms with Crippen LogP contribution in [0.15, 0.2) is 42.5 Å². The maximum atomic E-state index is 12.2. The molecule has 1 amide bonds. The first kappa shape index (κ1) is 18.8. The number of hydrogen-bond donors (Lipinski definition) is 2. The summed E-state index contributed by atoms with van der Waals surface area (Å²) >= 11 is 0. The molecule has 25 heavy (non-hydrogen) atoms. The van der Waals surface area contributed by atoms with Crippen LogP contribution >= 0.6 is 0 Å². The Balaban J connectivity index is 1.88. The Morgan fingerprint density at radius 1 is 1.04 bits per heavy atom. The molecule has 5 nitrogen and oxygen atoms in total. The second-order valence-electron chi connectivity index (χ2n) is 5.74. The molecule has 2 N–H and O–H groups in total. The van der Waals surface area contributed by atoms with Gasteiger partial charge in [0.1, 0.15) is 12.4 Å². The molecule has 0 atom stereocenters. The number of para-hydroxylation sites is 2. The molecule has 0 spiro atoms. The van der Waals surface area contributed by atoms with E-state index in [-0.39, 0.29) is 12.5 Å². The maximum absolute atomic E-state index is 12.2. The molecule has 0 unspecified atom stereocenters. The normalized spacial score (nSPS) is 10.4. The number of carbonyl (C=O) groups excluding carboxylic acids is 1. The summed E-state index contributed by atoms with van der Waals surface area (Å²) < 4.78 is 10.9. The fourth-order valence-electron chi connectivity index (χ4n) is 2.28. The van der Waals surface area contributed by atoms with Crippen molar-refractivity contribution in [2.75, 3.05) is 37.0 Å². The van der Waals surface area contributed by atoms with Crippen LogP contribution in [0.2, 0.25) is 0 Å². The van der Waals surface area contributed by atoms with Gasteiger partial charge in [-0.2, -0.15) is 0 Å². The number of amides is 1. The fraction of sp³-hybridized carbons (Fsp3) is 0.350. The van der Waals surface area contributed by atoms with Crippen molar-refractivity contribution in [3.8, 4) is 5.75 Å². The van der Waals surface area contributed by atoms with Gasteiger partial charge in [0, 0.05) is 12.3 Å². The van der Waals surface area contributed by atoms with Gasteiger partial charge in [0.2, 0.25) is 5.91 Å². The average Bonchev–Trinajstić information content (AvgIpc) is 2.61. The highest BCUT2D eigenvalue weighted by atomic mass is 16.5. The zero-order valence-electron chi connectivity index (χ0n) is 15.1. The smallest absolute Gasteiger partial charge is 0.243 e. The molecule has 0 aromatic heterocycles. The lowest BCUT2D eigenvalue weighted by molar-refractivity contribution is -0.114. The lowest BCUT2D eigenvalue weighted by atomic mass is 10.1. The Morgan fingerprint density at radius 3 is 2.60 bits per heavy atom. The van der Waals surface area contributed by atoms with Gasteiger partial charge in [-0.25, -0.2) is 0 Å². The molecule has 134 valence electrons. The van der Waals surface area contributed by atoms with Crippen molar-refractivity contribution in [1.29, 1.82) is 0 Å². The molecule has 0 bridgehead atoms. The van der Waals surface area contributed by atoms with E-state index in [2.05, 4.69) is 24.5 Å². The first-order valence-corrected chi connectivity index (χ1v) is 8.50. The molecule has 0 fully saturated rings. The zero-order valence-corrected chi connectivity index (χ0v) is 15.1. The molecule has 0 aliphatic rings. The quantitative estimate of drug-likeness (QED) is 0.681. The lowest BCUT2D eigenvalue weighted by Gasteiger charge is -2.13. The number of benzene rings is 2. The van der Waals surface area contributed by atoms with Crippen molar-refractivity contribution in [3.63, 3.8) is 0 Å². The van der Waals surface area contributed by atoms with Gasteiger partial charge in [0.05, 0.1) is 18.8 Å². The van der Waals surface area contributed by atoms with E-state index in [4.69, 9.17) is 9.47 Å². The molecular formula is C20H26N2O3. The summed E-state index contributed by atoms with van der Waals surface area (Å²) in [5, 5.41) is 6.02. The number of rotatable bonds is 9. The highest BCUT2D eigenvalue weighted by molar-refractivity contribution is 5.95. The summed E-state index contributed by atoms with van der Waals surface area (Å²) in [5.74, 6) is 0.515. The Kier molecular flexibility index (Phi) is 7.29. The molecule has 0 aliphatic heterocycles. The van der Waals surface area contributed by atoms with E-state index in [0.717, 1.165) is 5.69 Å². The van der Waals surface area contributed by atoms with Gasteiger partial charge < -0.3 is 20.1 Å². The van der Waals surface area contributed by atoms with Gasteiger partial charge in [-0.1, -0.05) is 18.2 Å². The Hall–Kier alpha value is -2.53. The van der Waals surface area contributed by atoms with E-state index in [1.54, 1.807) is 0 Å². The first-order chi connectivity index (χ1) is 12.1. The van der Waals surface area contributed by atoms with Gasteiger partial charge in [0.25, 0.3) is 0 Å². The summed E-state index contributed by atoms with van der Waals surface area (Å²) in [4.78, 5) is 12.2. The van der Waals surface area contributed by atoms with Crippen LogP contribution in [0.5, 0.6) is 5.75 Å². The minimum atomic E-state index is -0.126. The van der Waals surface area contributed by atoms with Crippen LogP contribution in [-0.2, 0) is 9.53 Å². The molecule has 2 aromatic rings. The predicted molar refractivity (Wildman–Crippen MR) is 101 cm³/mol. The van der Waals surface area contributed by atoms with Gasteiger partial charge in [0.15, 0.2) is 0 Å². The summed E-state index contributed by atoms with van der Waals surface area (Å²) in [6.07, 6.45) is 0. The van der Waals surface area contributed by atoms with Crippen molar-refractivity contribution in [2.24, 2.45) is 0 Å². The highest BCUT2D eigenvalue weighted by Gasteiger charge is 2.08. The number of aryl methyl sites for hydroxylation is 2. The number of anilines is 2. The SMILES string of the molecule is CCOCCOc1ccccc1NC(=O)CNc1ccc(C)c(C)c1. The zero-order chi connectivity index (χ0) is 18.1. The monoisotopic (exact) mass is 342 g/mol. The third-order valence-corrected chi connectivity index (χ3v) is 3.81. The third kappa shape index (κ3) is 6.12.